The molecule has 1 rings (SSSR count). The summed E-state index contributed by atoms with van der Waals surface area (Å²) in [5.41, 5.74) is 5.41. The highest BCUT2D eigenvalue weighted by atomic mass is 79.9. The van der Waals surface area contributed by atoms with Gasteiger partial charge in [0.15, 0.2) is 0 Å². The fourth-order valence-corrected chi connectivity index (χ4v) is 1.76. The Morgan fingerprint density at radius 2 is 2.12 bits per heavy atom. The molecule has 0 bridgehead atoms. The molecule has 0 spiro atoms. The first-order chi connectivity index (χ1) is 7.97. The van der Waals surface area contributed by atoms with Crippen LogP contribution >= 0.6 is 15.9 Å². The minimum atomic E-state index is -0.737. The second-order valence-corrected chi connectivity index (χ2v) is 4.27. The first kappa shape index (κ1) is 13.5. The van der Waals surface area contributed by atoms with Crippen molar-refractivity contribution < 1.29 is 14.3 Å². The van der Waals surface area contributed by atoms with E-state index in [0.717, 1.165) is 0 Å². The van der Waals surface area contributed by atoms with Crippen molar-refractivity contribution >= 4 is 27.7 Å². The fourth-order valence-electron chi connectivity index (χ4n) is 1.23. The van der Waals surface area contributed by atoms with Crippen LogP contribution in [-0.4, -0.2) is 25.0 Å². The second-order valence-electron chi connectivity index (χ2n) is 3.41. The Hall–Kier alpha value is -1.56. The number of amides is 2. The fraction of sp³-hybridized carbons (Fsp3) is 0.273. The number of ether oxygens (including phenoxy) is 1. The summed E-state index contributed by atoms with van der Waals surface area (Å²) in [4.78, 5) is 22.8. The molecule has 0 heterocycles. The van der Waals surface area contributed by atoms with Gasteiger partial charge in [-0.3, -0.25) is 9.59 Å². The smallest absolute Gasteiger partial charge is 0.256 e. The van der Waals surface area contributed by atoms with Crippen molar-refractivity contribution in [1.82, 2.24) is 5.32 Å². The van der Waals surface area contributed by atoms with Gasteiger partial charge in [0.25, 0.3) is 5.91 Å². The zero-order valence-corrected chi connectivity index (χ0v) is 11.1. The van der Waals surface area contributed by atoms with E-state index in [1.165, 1.54) is 14.0 Å². The first-order valence-electron chi connectivity index (χ1n) is 4.90. The van der Waals surface area contributed by atoms with Gasteiger partial charge in [0.1, 0.15) is 11.8 Å². The van der Waals surface area contributed by atoms with Crippen LogP contribution in [0.2, 0.25) is 0 Å². The predicted octanol–water partition coefficient (Wildman–Crippen LogP) is 1.06. The maximum atomic E-state index is 11.9. The van der Waals surface area contributed by atoms with Gasteiger partial charge in [-0.05, 0) is 35.0 Å². The van der Waals surface area contributed by atoms with Crippen LogP contribution in [0.25, 0.3) is 0 Å². The number of methoxy groups -OCH3 is 1. The molecule has 1 aromatic carbocycles. The predicted molar refractivity (Wildman–Crippen MR) is 66.8 cm³/mol. The van der Waals surface area contributed by atoms with Crippen molar-refractivity contribution in [2.24, 2.45) is 5.73 Å². The first-order valence-corrected chi connectivity index (χ1v) is 5.69. The van der Waals surface area contributed by atoms with Gasteiger partial charge in [-0.2, -0.15) is 0 Å². The molecular weight excluding hydrogens is 288 g/mol. The summed E-state index contributed by atoms with van der Waals surface area (Å²) in [5, 5.41) is 2.49. The Morgan fingerprint density at radius 1 is 1.47 bits per heavy atom. The lowest BCUT2D eigenvalue weighted by atomic mass is 10.1. The van der Waals surface area contributed by atoms with Crippen LogP contribution in [0.4, 0.5) is 0 Å². The summed E-state index contributed by atoms with van der Waals surface area (Å²) < 4.78 is 5.67. The maximum Gasteiger partial charge on any atom is 0.256 e. The van der Waals surface area contributed by atoms with E-state index in [4.69, 9.17) is 10.5 Å². The molecule has 6 heteroatoms. The molecule has 92 valence electrons. The van der Waals surface area contributed by atoms with E-state index < -0.39 is 17.9 Å². The van der Waals surface area contributed by atoms with Gasteiger partial charge in [-0.1, -0.05) is 6.07 Å². The van der Waals surface area contributed by atoms with E-state index in [9.17, 15) is 9.59 Å². The van der Waals surface area contributed by atoms with Gasteiger partial charge in [0.2, 0.25) is 5.91 Å². The SMILES string of the molecule is COc1cccc(Br)c1C(=O)N[C@@H](C)C(N)=O. The molecule has 5 nitrogen and oxygen atoms in total. The standard InChI is InChI=1S/C11H13BrN2O3/c1-6(10(13)15)14-11(16)9-7(12)4-3-5-8(9)17-2/h3-6H,1-2H3,(H2,13,15)(H,14,16)/t6-/m0/s1. The average Bonchev–Trinajstić information content (AvgIpc) is 2.27. The number of hydrogen-bond acceptors (Lipinski definition) is 3. The zero-order chi connectivity index (χ0) is 13.0. The lowest BCUT2D eigenvalue weighted by Crippen LogP contribution is -2.42. The van der Waals surface area contributed by atoms with Gasteiger partial charge < -0.3 is 15.8 Å². The molecule has 0 aliphatic rings. The molecule has 1 aromatic rings. The van der Waals surface area contributed by atoms with Gasteiger partial charge in [-0.15, -0.1) is 0 Å². The maximum absolute atomic E-state index is 11.9. The van der Waals surface area contributed by atoms with E-state index in [1.807, 2.05) is 0 Å². The molecule has 17 heavy (non-hydrogen) atoms. The summed E-state index contributed by atoms with van der Waals surface area (Å²) in [7, 11) is 1.47. The molecular formula is C11H13BrN2O3. The van der Waals surface area contributed by atoms with Crippen LogP contribution in [0.15, 0.2) is 22.7 Å². The highest BCUT2D eigenvalue weighted by Crippen LogP contribution is 2.26. The summed E-state index contributed by atoms with van der Waals surface area (Å²) in [5.74, 6) is -0.585. The minimum absolute atomic E-state index is 0.336. The molecule has 0 saturated carbocycles. The van der Waals surface area contributed by atoms with Gasteiger partial charge in [0, 0.05) is 4.47 Å². The third kappa shape index (κ3) is 3.20. The van der Waals surface area contributed by atoms with Crippen molar-refractivity contribution in [1.29, 1.82) is 0 Å². The molecule has 0 aromatic heterocycles. The van der Waals surface area contributed by atoms with Crippen LogP contribution in [0, 0.1) is 0 Å². The number of carbonyl (C=O) groups is 2. The normalized spacial score (nSPS) is 11.7. The van der Waals surface area contributed by atoms with Crippen molar-refractivity contribution in [3.05, 3.63) is 28.2 Å². The van der Waals surface area contributed by atoms with Gasteiger partial charge >= 0.3 is 0 Å². The molecule has 0 fully saturated rings. The summed E-state index contributed by atoms with van der Waals surface area (Å²) in [6.07, 6.45) is 0. The number of rotatable bonds is 4. The Labute approximate surface area is 107 Å². The molecule has 0 radical (unpaired) electrons. The summed E-state index contributed by atoms with van der Waals surface area (Å²) in [6, 6.07) is 4.39. The number of benzene rings is 1. The summed E-state index contributed by atoms with van der Waals surface area (Å²) in [6.45, 7) is 1.52. The number of hydrogen-bond donors (Lipinski definition) is 2. The zero-order valence-electron chi connectivity index (χ0n) is 9.49. The summed E-state index contributed by atoms with van der Waals surface area (Å²) >= 11 is 3.26. The van der Waals surface area contributed by atoms with E-state index in [1.54, 1.807) is 18.2 Å². The molecule has 0 aliphatic heterocycles. The highest BCUT2D eigenvalue weighted by Gasteiger charge is 2.19. The van der Waals surface area contributed by atoms with Gasteiger partial charge in [0.05, 0.1) is 12.7 Å². The van der Waals surface area contributed by atoms with E-state index in [2.05, 4.69) is 21.2 Å². The third-order valence-electron chi connectivity index (χ3n) is 2.20. The Balaban J connectivity index is 3.00. The van der Waals surface area contributed by atoms with E-state index >= 15 is 0 Å². The Bertz CT molecular complexity index is 448. The van der Waals surface area contributed by atoms with Crippen LogP contribution in [-0.2, 0) is 4.79 Å². The highest BCUT2D eigenvalue weighted by molar-refractivity contribution is 9.10. The molecule has 3 N–H and O–H groups in total. The van der Waals surface area contributed by atoms with E-state index in [-0.39, 0.29) is 0 Å². The minimum Gasteiger partial charge on any atom is -0.496 e. The Morgan fingerprint density at radius 3 is 2.65 bits per heavy atom. The van der Waals surface area contributed by atoms with Crippen LogP contribution in [0.1, 0.15) is 17.3 Å². The van der Waals surface area contributed by atoms with Crippen molar-refractivity contribution in [3.63, 3.8) is 0 Å². The lowest BCUT2D eigenvalue weighted by molar-refractivity contribution is -0.119. The molecule has 0 saturated heterocycles. The second kappa shape index (κ2) is 5.67. The number of carbonyl (C=O) groups excluding carboxylic acids is 2. The Kier molecular flexibility index (Phi) is 4.51. The van der Waals surface area contributed by atoms with Crippen LogP contribution in [0.3, 0.4) is 0 Å². The number of primary amides is 1. The molecule has 2 amide bonds. The molecule has 0 unspecified atom stereocenters. The quantitative estimate of drug-likeness (QED) is 0.872. The van der Waals surface area contributed by atoms with Crippen molar-refractivity contribution in [2.45, 2.75) is 13.0 Å². The molecule has 0 aliphatic carbocycles. The number of nitrogens with two attached hydrogens (primary N) is 1. The topological polar surface area (TPSA) is 81.4 Å². The number of nitrogens with one attached hydrogen (secondary N) is 1. The van der Waals surface area contributed by atoms with Crippen molar-refractivity contribution in [3.8, 4) is 5.75 Å². The largest absolute Gasteiger partial charge is 0.496 e. The third-order valence-corrected chi connectivity index (χ3v) is 2.86. The monoisotopic (exact) mass is 300 g/mol. The van der Waals surface area contributed by atoms with Crippen LogP contribution in [0.5, 0.6) is 5.75 Å². The van der Waals surface area contributed by atoms with Gasteiger partial charge in [-0.25, -0.2) is 0 Å². The molecule has 1 atom stereocenters. The van der Waals surface area contributed by atoms with Crippen molar-refractivity contribution in [2.75, 3.05) is 7.11 Å². The number of halogens is 1. The lowest BCUT2D eigenvalue weighted by Gasteiger charge is -2.13. The van der Waals surface area contributed by atoms with E-state index in [0.29, 0.717) is 15.8 Å². The average molecular weight is 301 g/mol. The van der Waals surface area contributed by atoms with Crippen LogP contribution < -0.4 is 15.8 Å².